The molecule has 10 heteroatoms. The van der Waals surface area contributed by atoms with Gasteiger partial charge in [0.05, 0.1) is 24.5 Å². The van der Waals surface area contributed by atoms with Crippen molar-refractivity contribution in [2.24, 2.45) is 0 Å². The van der Waals surface area contributed by atoms with E-state index in [4.69, 9.17) is 0 Å². The number of carboxylic acid groups (broad SMARTS) is 3. The smallest absolute Gasteiger partial charge is 0.548 e. The summed E-state index contributed by atoms with van der Waals surface area (Å²) in [5.41, 5.74) is 0.00356. The number of hydrogen-bond acceptors (Lipinski definition) is 7. The quantitative estimate of drug-likeness (QED) is 0.331. The SMILES string of the molecule is O=C([O-])CN(Cc1ccc(C(=O)[O-])c(C(=O)[O-])c1)c1cccc2ccccc12.[Na+].[Na+].[Na+]. The number of carbonyl (C=O) groups excluding carboxylic acids is 3. The predicted octanol–water partition coefficient (Wildman–Crippen LogP) is -9.66. The summed E-state index contributed by atoms with van der Waals surface area (Å²) in [7, 11) is 0. The van der Waals surface area contributed by atoms with Crippen LogP contribution in [0.1, 0.15) is 26.3 Å². The van der Waals surface area contributed by atoms with Gasteiger partial charge in [-0.15, -0.1) is 0 Å². The van der Waals surface area contributed by atoms with Gasteiger partial charge in [0.25, 0.3) is 0 Å². The van der Waals surface area contributed by atoms with Gasteiger partial charge < -0.3 is 34.6 Å². The summed E-state index contributed by atoms with van der Waals surface area (Å²) in [4.78, 5) is 35.1. The fourth-order valence-corrected chi connectivity index (χ4v) is 3.12. The zero-order valence-electron chi connectivity index (χ0n) is 17.6. The van der Waals surface area contributed by atoms with Crippen LogP contribution in [0.5, 0.6) is 0 Å². The Hall–Kier alpha value is -0.870. The molecule has 0 fully saturated rings. The molecule has 0 aliphatic rings. The van der Waals surface area contributed by atoms with Gasteiger partial charge in [-0.05, 0) is 23.1 Å². The summed E-state index contributed by atoms with van der Waals surface area (Å²) in [6.07, 6.45) is 0. The van der Waals surface area contributed by atoms with Crippen molar-refractivity contribution in [2.45, 2.75) is 6.54 Å². The van der Waals surface area contributed by atoms with Crippen LogP contribution in [0.2, 0.25) is 0 Å². The Balaban J connectivity index is 0.00000300. The standard InChI is InChI=1S/C21H17NO6.3Na/c23-19(24)12-22(18-7-3-5-14-4-1-2-6-15(14)18)11-13-8-9-16(20(25)26)17(10-13)21(27)28;;;/h1-10H,11-12H2,(H,23,24)(H,25,26)(H,27,28);;;/q;3*+1/p-3. The minimum atomic E-state index is -1.65. The maximum Gasteiger partial charge on any atom is 1.00 e. The zero-order chi connectivity index (χ0) is 20.3. The van der Waals surface area contributed by atoms with Crippen LogP contribution in [-0.2, 0) is 11.3 Å². The van der Waals surface area contributed by atoms with Crippen LogP contribution in [-0.4, -0.2) is 24.5 Å². The number of rotatable bonds is 7. The van der Waals surface area contributed by atoms with E-state index in [1.165, 1.54) is 11.0 Å². The summed E-state index contributed by atoms with van der Waals surface area (Å²) in [6.45, 7) is -0.410. The van der Waals surface area contributed by atoms with Crippen molar-refractivity contribution in [3.63, 3.8) is 0 Å². The van der Waals surface area contributed by atoms with Gasteiger partial charge in [0, 0.05) is 28.7 Å². The summed E-state index contributed by atoms with van der Waals surface area (Å²) in [6, 6.07) is 16.5. The number of aliphatic carboxylic acids is 1. The second-order valence-corrected chi connectivity index (χ2v) is 6.18. The fourth-order valence-electron chi connectivity index (χ4n) is 3.12. The number of fused-ring (bicyclic) bond motifs is 1. The molecule has 0 radical (unpaired) electrons. The second kappa shape index (κ2) is 13.6. The van der Waals surface area contributed by atoms with Crippen LogP contribution in [0.25, 0.3) is 10.8 Å². The molecule has 0 N–H and O–H groups in total. The molecule has 0 saturated heterocycles. The van der Waals surface area contributed by atoms with Crippen molar-refractivity contribution in [2.75, 3.05) is 11.4 Å². The first-order chi connectivity index (χ1) is 13.4. The Morgan fingerprint density at radius 1 is 0.742 bits per heavy atom. The van der Waals surface area contributed by atoms with Crippen molar-refractivity contribution in [1.82, 2.24) is 0 Å². The van der Waals surface area contributed by atoms with Crippen LogP contribution in [0, 0.1) is 0 Å². The first-order valence-electron chi connectivity index (χ1n) is 8.35. The number of benzene rings is 3. The van der Waals surface area contributed by atoms with Gasteiger partial charge >= 0.3 is 88.7 Å². The molecular weight excluding hydrogens is 431 g/mol. The Labute approximate surface area is 245 Å². The number of aromatic carboxylic acids is 2. The van der Waals surface area contributed by atoms with Gasteiger partial charge in [0.2, 0.25) is 0 Å². The van der Waals surface area contributed by atoms with Crippen molar-refractivity contribution in [3.05, 3.63) is 77.4 Å². The third-order valence-corrected chi connectivity index (χ3v) is 4.32. The zero-order valence-corrected chi connectivity index (χ0v) is 23.6. The summed E-state index contributed by atoms with van der Waals surface area (Å²) >= 11 is 0. The average Bonchev–Trinajstić information content (AvgIpc) is 2.66. The molecule has 3 rings (SSSR count). The summed E-state index contributed by atoms with van der Waals surface area (Å²) in [5, 5.41) is 35.4. The number of nitrogens with zero attached hydrogens (tertiary/aromatic N) is 1. The van der Waals surface area contributed by atoms with E-state index in [-0.39, 0.29) is 95.2 Å². The molecule has 31 heavy (non-hydrogen) atoms. The monoisotopic (exact) mass is 445 g/mol. The molecular formula is C21H14NNa3O6. The first kappa shape index (κ1) is 30.1. The van der Waals surface area contributed by atoms with Crippen molar-refractivity contribution < 1.29 is 118 Å². The van der Waals surface area contributed by atoms with Gasteiger partial charge in [0.1, 0.15) is 0 Å². The van der Waals surface area contributed by atoms with E-state index in [9.17, 15) is 29.7 Å². The first-order valence-corrected chi connectivity index (χ1v) is 8.35. The summed E-state index contributed by atoms with van der Waals surface area (Å²) < 4.78 is 0. The van der Waals surface area contributed by atoms with Gasteiger partial charge in [-0.2, -0.15) is 0 Å². The molecule has 0 spiro atoms. The van der Waals surface area contributed by atoms with Crippen LogP contribution in [0.4, 0.5) is 5.69 Å². The van der Waals surface area contributed by atoms with E-state index in [2.05, 4.69) is 0 Å². The van der Waals surface area contributed by atoms with Gasteiger partial charge in [0.15, 0.2) is 0 Å². The molecule has 7 nitrogen and oxygen atoms in total. The average molecular weight is 445 g/mol. The minimum absolute atomic E-state index is 0. The third kappa shape index (κ3) is 7.60. The number of carboxylic acids is 3. The largest absolute Gasteiger partial charge is 1.00 e. The Bertz CT molecular complexity index is 1080. The van der Waals surface area contributed by atoms with E-state index in [0.29, 0.717) is 11.3 Å². The van der Waals surface area contributed by atoms with Crippen LogP contribution < -0.4 is 109 Å². The van der Waals surface area contributed by atoms with Gasteiger partial charge in [-0.1, -0.05) is 48.5 Å². The second-order valence-electron chi connectivity index (χ2n) is 6.18. The maximum absolute atomic E-state index is 11.3. The van der Waals surface area contributed by atoms with Crippen molar-refractivity contribution >= 4 is 34.4 Å². The molecule has 0 aromatic heterocycles. The number of anilines is 1. The Morgan fingerprint density at radius 2 is 1.35 bits per heavy atom. The number of hydrogen-bond donors (Lipinski definition) is 0. The maximum atomic E-state index is 11.3. The van der Waals surface area contributed by atoms with E-state index < -0.39 is 35.6 Å². The number of carbonyl (C=O) groups is 3. The van der Waals surface area contributed by atoms with Crippen LogP contribution in [0.15, 0.2) is 60.7 Å². The van der Waals surface area contributed by atoms with Crippen LogP contribution in [0.3, 0.4) is 0 Å². The molecule has 0 aliphatic heterocycles. The molecule has 0 bridgehead atoms. The van der Waals surface area contributed by atoms with E-state index in [1.807, 2.05) is 30.3 Å². The van der Waals surface area contributed by atoms with Crippen molar-refractivity contribution in [3.8, 4) is 0 Å². The molecule has 0 amide bonds. The Kier molecular flexibility index (Phi) is 13.2. The molecule has 0 heterocycles. The van der Waals surface area contributed by atoms with Crippen LogP contribution >= 0.6 is 0 Å². The van der Waals surface area contributed by atoms with E-state index >= 15 is 0 Å². The van der Waals surface area contributed by atoms with Crippen molar-refractivity contribution in [1.29, 1.82) is 0 Å². The minimum Gasteiger partial charge on any atom is -0.548 e. The van der Waals surface area contributed by atoms with E-state index in [1.54, 1.807) is 12.1 Å². The molecule has 0 saturated carbocycles. The topological polar surface area (TPSA) is 124 Å². The molecule has 3 aromatic rings. The predicted molar refractivity (Wildman–Crippen MR) is 95.1 cm³/mol. The Morgan fingerprint density at radius 3 is 1.97 bits per heavy atom. The third-order valence-electron chi connectivity index (χ3n) is 4.32. The normalized spacial score (nSPS) is 9.55. The van der Waals surface area contributed by atoms with Gasteiger partial charge in [-0.25, -0.2) is 0 Å². The fraction of sp³-hybridized carbons (Fsp3) is 0.0952. The molecule has 0 atom stereocenters. The molecule has 3 aromatic carbocycles. The molecule has 0 unspecified atom stereocenters. The van der Waals surface area contributed by atoms with Gasteiger partial charge in [-0.3, -0.25) is 0 Å². The summed E-state index contributed by atoms with van der Waals surface area (Å²) in [5.74, 6) is -4.59. The van der Waals surface area contributed by atoms with E-state index in [0.717, 1.165) is 22.9 Å². The molecule has 142 valence electrons. The molecule has 0 aliphatic carbocycles.